The minimum Gasteiger partial charge on any atom is -0.483 e. The summed E-state index contributed by atoms with van der Waals surface area (Å²) in [4.78, 5) is 37.4. The van der Waals surface area contributed by atoms with Gasteiger partial charge in [0, 0.05) is 42.9 Å². The topological polar surface area (TPSA) is 75.7 Å². The number of carbonyl (C=O) groups is 3. The van der Waals surface area contributed by atoms with Crippen LogP contribution in [0.15, 0.2) is 42.5 Å². The third-order valence-corrected chi connectivity index (χ3v) is 4.19. The van der Waals surface area contributed by atoms with Crippen molar-refractivity contribution in [3.8, 4) is 5.75 Å². The van der Waals surface area contributed by atoms with Gasteiger partial charge >= 0.3 is 0 Å². The van der Waals surface area contributed by atoms with E-state index in [1.165, 1.54) is 4.90 Å². The van der Waals surface area contributed by atoms with Crippen molar-refractivity contribution >= 4 is 23.3 Å². The zero-order chi connectivity index (χ0) is 18.7. The normalized spacial score (nSPS) is 12.5. The molecular weight excluding hydrogens is 332 g/mol. The Labute approximate surface area is 151 Å². The molecule has 0 spiro atoms. The second kappa shape index (κ2) is 7.39. The molecule has 0 heterocycles. The molecule has 6 nitrogen and oxygen atoms in total. The molecule has 2 aromatic rings. The highest BCUT2D eigenvalue weighted by molar-refractivity contribution is 6.01. The molecule has 1 N–H and O–H groups in total. The van der Waals surface area contributed by atoms with Gasteiger partial charge in [0.25, 0.3) is 11.8 Å². The number of Topliss-reactive ketones (excluding diaryl/α,β-unsaturated/α-hetero) is 1. The number of fused-ring (bicyclic) bond motifs is 1. The van der Waals surface area contributed by atoms with Crippen LogP contribution in [0.3, 0.4) is 0 Å². The molecule has 0 unspecified atom stereocenters. The predicted octanol–water partition coefficient (Wildman–Crippen LogP) is 2.53. The van der Waals surface area contributed by atoms with E-state index in [9.17, 15) is 14.4 Å². The highest BCUT2D eigenvalue weighted by Crippen LogP contribution is 2.30. The van der Waals surface area contributed by atoms with Crippen LogP contribution in [0.25, 0.3) is 0 Å². The molecule has 0 bridgehead atoms. The van der Waals surface area contributed by atoms with E-state index in [0.717, 1.165) is 5.56 Å². The van der Waals surface area contributed by atoms with Crippen molar-refractivity contribution in [1.82, 2.24) is 4.90 Å². The first-order chi connectivity index (χ1) is 12.5. The van der Waals surface area contributed by atoms with Crippen molar-refractivity contribution in [1.29, 1.82) is 0 Å². The van der Waals surface area contributed by atoms with Crippen LogP contribution in [-0.2, 0) is 11.2 Å². The molecule has 0 radical (unpaired) electrons. The van der Waals surface area contributed by atoms with E-state index in [-0.39, 0.29) is 24.2 Å². The van der Waals surface area contributed by atoms with Crippen molar-refractivity contribution < 1.29 is 19.1 Å². The number of amides is 2. The van der Waals surface area contributed by atoms with Crippen molar-refractivity contribution in [2.24, 2.45) is 0 Å². The largest absolute Gasteiger partial charge is 0.483 e. The highest BCUT2D eigenvalue weighted by atomic mass is 16.5. The Morgan fingerprint density at radius 1 is 1.12 bits per heavy atom. The lowest BCUT2D eigenvalue weighted by atomic mass is 10.1. The molecule has 26 heavy (non-hydrogen) atoms. The average molecular weight is 352 g/mol. The number of hydrogen-bond acceptors (Lipinski definition) is 4. The summed E-state index contributed by atoms with van der Waals surface area (Å²) < 4.78 is 5.61. The minimum absolute atomic E-state index is 0.109. The second-order valence-electron chi connectivity index (χ2n) is 6.32. The lowest BCUT2D eigenvalue weighted by Crippen LogP contribution is -2.23. The van der Waals surface area contributed by atoms with Crippen LogP contribution < -0.4 is 10.1 Å². The maximum atomic E-state index is 12.2. The Balaban J connectivity index is 1.63. The van der Waals surface area contributed by atoms with E-state index in [1.54, 1.807) is 56.6 Å². The van der Waals surface area contributed by atoms with E-state index in [1.807, 2.05) is 0 Å². The Morgan fingerprint density at radius 3 is 2.65 bits per heavy atom. The zero-order valence-electron chi connectivity index (χ0n) is 14.7. The molecule has 1 aliphatic rings. The van der Waals surface area contributed by atoms with Gasteiger partial charge in [-0.05, 0) is 30.7 Å². The number of anilines is 1. The Morgan fingerprint density at radius 2 is 1.88 bits per heavy atom. The minimum atomic E-state index is -0.332. The molecule has 0 fully saturated rings. The molecule has 134 valence electrons. The summed E-state index contributed by atoms with van der Waals surface area (Å²) in [5.74, 6) is 0.209. The Kier molecular flexibility index (Phi) is 5.02. The summed E-state index contributed by atoms with van der Waals surface area (Å²) in [5, 5.41) is 2.72. The Bertz CT molecular complexity index is 874. The molecule has 0 aromatic heterocycles. The van der Waals surface area contributed by atoms with Gasteiger partial charge in [-0.1, -0.05) is 18.2 Å². The number of rotatable bonds is 5. The van der Waals surface area contributed by atoms with Gasteiger partial charge in [-0.3, -0.25) is 14.4 Å². The van der Waals surface area contributed by atoms with Gasteiger partial charge in [0.15, 0.2) is 12.4 Å². The SMILES string of the molecule is CN(C)C(=O)c1cccc(NC(=O)COc2cccc3c2CCC3=O)c1. The number of ketones is 1. The van der Waals surface area contributed by atoms with Crippen LogP contribution in [-0.4, -0.2) is 43.2 Å². The van der Waals surface area contributed by atoms with E-state index in [2.05, 4.69) is 5.32 Å². The fourth-order valence-electron chi connectivity index (χ4n) is 2.92. The van der Waals surface area contributed by atoms with Gasteiger partial charge in [-0.15, -0.1) is 0 Å². The third-order valence-electron chi connectivity index (χ3n) is 4.19. The smallest absolute Gasteiger partial charge is 0.262 e. The maximum Gasteiger partial charge on any atom is 0.262 e. The summed E-state index contributed by atoms with van der Waals surface area (Å²) in [6.45, 7) is -0.170. The van der Waals surface area contributed by atoms with Crippen LogP contribution in [0.2, 0.25) is 0 Å². The molecule has 0 saturated heterocycles. The van der Waals surface area contributed by atoms with Crippen LogP contribution in [0.4, 0.5) is 5.69 Å². The van der Waals surface area contributed by atoms with Crippen LogP contribution in [0, 0.1) is 0 Å². The summed E-state index contributed by atoms with van der Waals surface area (Å²) >= 11 is 0. The molecule has 1 aliphatic carbocycles. The number of benzene rings is 2. The number of nitrogens with zero attached hydrogens (tertiary/aromatic N) is 1. The van der Waals surface area contributed by atoms with Crippen LogP contribution in [0.1, 0.15) is 32.7 Å². The first kappa shape index (κ1) is 17.7. The van der Waals surface area contributed by atoms with Crippen molar-refractivity contribution in [3.05, 3.63) is 59.2 Å². The monoisotopic (exact) mass is 352 g/mol. The van der Waals surface area contributed by atoms with Crippen molar-refractivity contribution in [2.75, 3.05) is 26.0 Å². The summed E-state index contributed by atoms with van der Waals surface area (Å²) in [6, 6.07) is 12.0. The second-order valence-corrected chi connectivity index (χ2v) is 6.32. The quantitative estimate of drug-likeness (QED) is 0.897. The molecule has 0 aliphatic heterocycles. The van der Waals surface area contributed by atoms with E-state index in [4.69, 9.17) is 4.74 Å². The molecule has 0 saturated carbocycles. The van der Waals surface area contributed by atoms with Crippen molar-refractivity contribution in [2.45, 2.75) is 12.8 Å². The zero-order valence-corrected chi connectivity index (χ0v) is 14.7. The molecule has 6 heteroatoms. The van der Waals surface area contributed by atoms with Gasteiger partial charge in [0.2, 0.25) is 0 Å². The lowest BCUT2D eigenvalue weighted by molar-refractivity contribution is -0.118. The van der Waals surface area contributed by atoms with Gasteiger partial charge < -0.3 is 15.0 Å². The van der Waals surface area contributed by atoms with Crippen molar-refractivity contribution in [3.63, 3.8) is 0 Å². The standard InChI is InChI=1S/C20H20N2O4/c1-22(2)20(25)13-5-3-6-14(11-13)21-19(24)12-26-18-8-4-7-15-16(18)9-10-17(15)23/h3-8,11H,9-10,12H2,1-2H3,(H,21,24). The summed E-state index contributed by atoms with van der Waals surface area (Å²) in [6.07, 6.45) is 1.12. The summed E-state index contributed by atoms with van der Waals surface area (Å²) in [5.41, 5.74) is 2.56. The predicted molar refractivity (Wildman–Crippen MR) is 97.7 cm³/mol. The molecule has 0 atom stereocenters. The fraction of sp³-hybridized carbons (Fsp3) is 0.250. The average Bonchev–Trinajstić information content (AvgIpc) is 3.01. The van der Waals surface area contributed by atoms with Gasteiger partial charge in [0.05, 0.1) is 0 Å². The Hall–Kier alpha value is -3.15. The number of carbonyl (C=O) groups excluding carboxylic acids is 3. The third kappa shape index (κ3) is 3.74. The van der Waals surface area contributed by atoms with Crippen LogP contribution in [0.5, 0.6) is 5.75 Å². The maximum absolute atomic E-state index is 12.2. The molecular formula is C20H20N2O4. The lowest BCUT2D eigenvalue weighted by Gasteiger charge is -2.12. The molecule has 2 aromatic carbocycles. The molecule has 3 rings (SSSR count). The number of nitrogens with one attached hydrogen (secondary N) is 1. The van der Waals surface area contributed by atoms with E-state index >= 15 is 0 Å². The first-order valence-corrected chi connectivity index (χ1v) is 8.35. The number of ether oxygens (including phenoxy) is 1. The van der Waals surface area contributed by atoms with Gasteiger partial charge in [-0.25, -0.2) is 0 Å². The van der Waals surface area contributed by atoms with E-state index in [0.29, 0.717) is 35.4 Å². The first-order valence-electron chi connectivity index (χ1n) is 8.35. The van der Waals surface area contributed by atoms with E-state index < -0.39 is 0 Å². The molecule has 2 amide bonds. The van der Waals surface area contributed by atoms with Gasteiger partial charge in [-0.2, -0.15) is 0 Å². The van der Waals surface area contributed by atoms with Gasteiger partial charge in [0.1, 0.15) is 5.75 Å². The highest BCUT2D eigenvalue weighted by Gasteiger charge is 2.22. The number of hydrogen-bond donors (Lipinski definition) is 1. The fourth-order valence-corrected chi connectivity index (χ4v) is 2.92. The summed E-state index contributed by atoms with van der Waals surface area (Å²) in [7, 11) is 3.34. The van der Waals surface area contributed by atoms with Crippen LogP contribution >= 0.6 is 0 Å².